The third-order valence-corrected chi connectivity index (χ3v) is 4.84. The molecule has 3 aliphatic carbocycles. The van der Waals surface area contributed by atoms with Gasteiger partial charge in [0.25, 0.3) is 0 Å². The highest BCUT2D eigenvalue weighted by Crippen LogP contribution is 2.76. The molecule has 0 aromatic carbocycles. The van der Waals surface area contributed by atoms with Gasteiger partial charge in [-0.25, -0.2) is 0 Å². The summed E-state index contributed by atoms with van der Waals surface area (Å²) in [5.74, 6) is 7.61. The molecule has 0 spiro atoms. The van der Waals surface area contributed by atoms with Crippen molar-refractivity contribution in [2.75, 3.05) is 0 Å². The molecule has 0 nitrogen and oxygen atoms in total. The number of hydrogen-bond acceptors (Lipinski definition) is 0. The molecule has 6 unspecified atom stereocenters. The van der Waals surface area contributed by atoms with Crippen LogP contribution in [0.4, 0.5) is 0 Å². The van der Waals surface area contributed by atoms with Crippen LogP contribution >= 0.6 is 0 Å². The first-order valence-corrected chi connectivity index (χ1v) is 6.37. The standard InChI is InChI=1S/C14H22/c1-4-5-9-11-7-12-10(6-8(2)3)14(12)13(9)11/h4-5,8-14H,6-7H2,1-3H3/b5-4+. The van der Waals surface area contributed by atoms with Gasteiger partial charge in [-0.1, -0.05) is 26.0 Å². The van der Waals surface area contributed by atoms with E-state index in [0.717, 1.165) is 41.4 Å². The van der Waals surface area contributed by atoms with E-state index in [-0.39, 0.29) is 0 Å². The predicted octanol–water partition coefficient (Wildman–Crippen LogP) is 3.74. The van der Waals surface area contributed by atoms with Crippen molar-refractivity contribution in [2.45, 2.75) is 33.6 Å². The van der Waals surface area contributed by atoms with E-state index in [1.54, 1.807) is 6.42 Å². The Labute approximate surface area is 87.8 Å². The molecule has 14 heavy (non-hydrogen) atoms. The Morgan fingerprint density at radius 1 is 1.21 bits per heavy atom. The van der Waals surface area contributed by atoms with Crippen LogP contribution in [0.15, 0.2) is 12.2 Å². The molecule has 0 aliphatic heterocycles. The predicted molar refractivity (Wildman–Crippen MR) is 59.8 cm³/mol. The molecule has 3 saturated carbocycles. The Morgan fingerprint density at radius 2 is 2.00 bits per heavy atom. The van der Waals surface area contributed by atoms with Crippen LogP contribution < -0.4 is 0 Å². The van der Waals surface area contributed by atoms with Gasteiger partial charge in [-0.2, -0.15) is 0 Å². The van der Waals surface area contributed by atoms with Crippen molar-refractivity contribution in [2.24, 2.45) is 41.4 Å². The van der Waals surface area contributed by atoms with Gasteiger partial charge in [0.1, 0.15) is 0 Å². The SMILES string of the molecule is C/C=C/C1C2CC3C(CC(C)C)C3C12. The molecule has 0 aromatic rings. The summed E-state index contributed by atoms with van der Waals surface area (Å²) in [7, 11) is 0. The molecule has 0 N–H and O–H groups in total. The molecule has 3 fully saturated rings. The summed E-state index contributed by atoms with van der Waals surface area (Å²) >= 11 is 0. The molecule has 0 heterocycles. The van der Waals surface area contributed by atoms with E-state index in [1.165, 1.54) is 6.42 Å². The average Bonchev–Trinajstić information content (AvgIpc) is 2.93. The zero-order valence-corrected chi connectivity index (χ0v) is 9.61. The Kier molecular flexibility index (Phi) is 1.84. The fraction of sp³-hybridized carbons (Fsp3) is 0.857. The van der Waals surface area contributed by atoms with Crippen molar-refractivity contribution >= 4 is 0 Å². The van der Waals surface area contributed by atoms with E-state index in [9.17, 15) is 0 Å². The number of fused-ring (bicyclic) bond motifs is 3. The van der Waals surface area contributed by atoms with E-state index in [1.807, 2.05) is 0 Å². The van der Waals surface area contributed by atoms with Crippen LogP contribution in [0.1, 0.15) is 33.6 Å². The molecule has 0 amide bonds. The average molecular weight is 190 g/mol. The minimum Gasteiger partial charge on any atom is -0.0914 e. The van der Waals surface area contributed by atoms with Gasteiger partial charge in [0.15, 0.2) is 0 Å². The van der Waals surface area contributed by atoms with Crippen molar-refractivity contribution in [3.05, 3.63) is 12.2 Å². The molecule has 6 atom stereocenters. The molecule has 3 aliphatic rings. The normalized spacial score (nSPS) is 53.7. The van der Waals surface area contributed by atoms with Gasteiger partial charge in [0, 0.05) is 0 Å². The van der Waals surface area contributed by atoms with Gasteiger partial charge in [-0.3, -0.25) is 0 Å². The van der Waals surface area contributed by atoms with Crippen LogP contribution in [0.3, 0.4) is 0 Å². The lowest BCUT2D eigenvalue weighted by Crippen LogP contribution is -1.95. The zero-order chi connectivity index (χ0) is 9.87. The zero-order valence-electron chi connectivity index (χ0n) is 9.61. The van der Waals surface area contributed by atoms with Crippen LogP contribution in [-0.4, -0.2) is 0 Å². The summed E-state index contributed by atoms with van der Waals surface area (Å²) in [6, 6.07) is 0. The lowest BCUT2D eigenvalue weighted by atomic mass is 10.0. The number of hydrogen-bond donors (Lipinski definition) is 0. The first-order chi connectivity index (χ1) is 6.74. The van der Waals surface area contributed by atoms with E-state index < -0.39 is 0 Å². The lowest BCUT2D eigenvalue weighted by Gasteiger charge is -2.04. The molecular weight excluding hydrogens is 168 g/mol. The van der Waals surface area contributed by atoms with Crippen molar-refractivity contribution in [1.29, 1.82) is 0 Å². The van der Waals surface area contributed by atoms with Crippen molar-refractivity contribution < 1.29 is 0 Å². The van der Waals surface area contributed by atoms with Crippen LogP contribution in [0.5, 0.6) is 0 Å². The third-order valence-electron chi connectivity index (χ3n) is 4.84. The molecule has 0 heteroatoms. The number of rotatable bonds is 3. The van der Waals surface area contributed by atoms with Gasteiger partial charge in [0.2, 0.25) is 0 Å². The largest absolute Gasteiger partial charge is 0.0914 e. The highest BCUT2D eigenvalue weighted by molar-refractivity contribution is 5.23. The highest BCUT2D eigenvalue weighted by atomic mass is 14.8. The van der Waals surface area contributed by atoms with Crippen LogP contribution in [-0.2, 0) is 0 Å². The molecule has 78 valence electrons. The van der Waals surface area contributed by atoms with Crippen LogP contribution in [0.25, 0.3) is 0 Å². The van der Waals surface area contributed by atoms with Gasteiger partial charge in [-0.15, -0.1) is 0 Å². The van der Waals surface area contributed by atoms with Gasteiger partial charge >= 0.3 is 0 Å². The second-order valence-corrected chi connectivity index (χ2v) is 6.11. The van der Waals surface area contributed by atoms with Crippen LogP contribution in [0, 0.1) is 41.4 Å². The smallest absolute Gasteiger partial charge is 0.0168 e. The van der Waals surface area contributed by atoms with E-state index in [0.29, 0.717) is 0 Å². The van der Waals surface area contributed by atoms with E-state index in [2.05, 4.69) is 32.9 Å². The number of allylic oxidation sites excluding steroid dienone is 2. The summed E-state index contributed by atoms with van der Waals surface area (Å²) in [5.41, 5.74) is 0. The van der Waals surface area contributed by atoms with E-state index >= 15 is 0 Å². The summed E-state index contributed by atoms with van der Waals surface area (Å²) in [5, 5.41) is 0. The van der Waals surface area contributed by atoms with Crippen LogP contribution in [0.2, 0.25) is 0 Å². The van der Waals surface area contributed by atoms with Gasteiger partial charge < -0.3 is 0 Å². The molecule has 0 aromatic heterocycles. The Morgan fingerprint density at radius 3 is 2.64 bits per heavy atom. The summed E-state index contributed by atoms with van der Waals surface area (Å²) in [6.45, 7) is 6.92. The fourth-order valence-corrected chi connectivity index (χ4v) is 4.35. The van der Waals surface area contributed by atoms with Gasteiger partial charge in [-0.05, 0) is 61.2 Å². The lowest BCUT2D eigenvalue weighted by molar-refractivity contribution is 0.459. The highest BCUT2D eigenvalue weighted by Gasteiger charge is 2.71. The Bertz CT molecular complexity index is 263. The first-order valence-electron chi connectivity index (χ1n) is 6.37. The van der Waals surface area contributed by atoms with Crippen molar-refractivity contribution in [3.63, 3.8) is 0 Å². The second kappa shape index (κ2) is 2.87. The monoisotopic (exact) mass is 190 g/mol. The Balaban J connectivity index is 1.59. The maximum Gasteiger partial charge on any atom is -0.0168 e. The third kappa shape index (κ3) is 1.12. The maximum atomic E-state index is 2.47. The quantitative estimate of drug-likeness (QED) is 0.595. The van der Waals surface area contributed by atoms with Crippen molar-refractivity contribution in [3.8, 4) is 0 Å². The summed E-state index contributed by atoms with van der Waals surface area (Å²) in [4.78, 5) is 0. The first kappa shape index (κ1) is 9.00. The summed E-state index contributed by atoms with van der Waals surface area (Å²) in [6.07, 6.45) is 7.80. The second-order valence-electron chi connectivity index (χ2n) is 6.11. The van der Waals surface area contributed by atoms with Crippen molar-refractivity contribution in [1.82, 2.24) is 0 Å². The van der Waals surface area contributed by atoms with E-state index in [4.69, 9.17) is 0 Å². The topological polar surface area (TPSA) is 0 Å². The molecule has 0 saturated heterocycles. The fourth-order valence-electron chi connectivity index (χ4n) is 4.35. The minimum absolute atomic E-state index is 0.919. The molecule has 0 bridgehead atoms. The minimum atomic E-state index is 0.919. The Hall–Kier alpha value is -0.260. The summed E-state index contributed by atoms with van der Waals surface area (Å²) < 4.78 is 0. The van der Waals surface area contributed by atoms with Gasteiger partial charge in [0.05, 0.1) is 0 Å². The maximum absolute atomic E-state index is 2.47. The molecule has 3 rings (SSSR count). The molecular formula is C14H22. The molecule has 0 radical (unpaired) electrons.